The lowest BCUT2D eigenvalue weighted by molar-refractivity contribution is -0.140. The number of hydrogen-bond donors (Lipinski definition) is 1. The van der Waals surface area contributed by atoms with E-state index in [9.17, 15) is 4.79 Å². The number of unbranched alkanes of at least 4 members (excludes halogenated alkanes) is 3. The van der Waals surface area contributed by atoms with Crippen molar-refractivity contribution in [2.45, 2.75) is 25.7 Å². The Balaban J connectivity index is 2.95. The number of methoxy groups -OCH3 is 1. The number of hydrogen-bond acceptors (Lipinski definition) is 4. The third-order valence-corrected chi connectivity index (χ3v) is 1.89. The van der Waals surface area contributed by atoms with Gasteiger partial charge in [-0.2, -0.15) is 12.6 Å². The van der Waals surface area contributed by atoms with Crippen molar-refractivity contribution in [1.29, 1.82) is 0 Å². The van der Waals surface area contributed by atoms with Crippen molar-refractivity contribution < 1.29 is 14.3 Å². The molecular formula is C9H18O3S. The zero-order valence-corrected chi connectivity index (χ0v) is 9.02. The highest BCUT2D eigenvalue weighted by molar-refractivity contribution is 7.81. The molecule has 78 valence electrons. The molecule has 3 nitrogen and oxygen atoms in total. The molecule has 0 radical (unpaired) electrons. The molecule has 0 saturated carbocycles. The van der Waals surface area contributed by atoms with Gasteiger partial charge in [-0.15, -0.1) is 0 Å². The molecule has 0 aromatic rings. The predicted molar refractivity (Wildman–Crippen MR) is 55.2 cm³/mol. The summed E-state index contributed by atoms with van der Waals surface area (Å²) in [5, 5.41) is 0. The maximum Gasteiger partial charge on any atom is 0.315 e. The van der Waals surface area contributed by atoms with Gasteiger partial charge in [0.15, 0.2) is 0 Å². The highest BCUT2D eigenvalue weighted by atomic mass is 32.1. The second-order valence-electron chi connectivity index (χ2n) is 2.79. The molecule has 0 aliphatic heterocycles. The highest BCUT2D eigenvalue weighted by Gasteiger charge is 1.97. The lowest BCUT2D eigenvalue weighted by Crippen LogP contribution is -2.06. The first kappa shape index (κ1) is 12.8. The third kappa shape index (κ3) is 9.70. The zero-order chi connectivity index (χ0) is 9.94. The number of carbonyl (C=O) groups excluding carboxylic acids is 1. The number of carbonyl (C=O) groups is 1. The van der Waals surface area contributed by atoms with Gasteiger partial charge in [0.05, 0.1) is 12.4 Å². The summed E-state index contributed by atoms with van der Waals surface area (Å²) in [5.41, 5.74) is 0. The summed E-state index contributed by atoms with van der Waals surface area (Å²) in [6.45, 7) is 1.34. The highest BCUT2D eigenvalue weighted by Crippen LogP contribution is 2.00. The van der Waals surface area contributed by atoms with Crippen LogP contribution in [0.1, 0.15) is 25.7 Å². The molecular weight excluding hydrogens is 188 g/mol. The smallest absolute Gasteiger partial charge is 0.315 e. The Morgan fingerprint density at radius 2 is 1.77 bits per heavy atom. The van der Waals surface area contributed by atoms with E-state index in [0.717, 1.165) is 32.3 Å². The Labute approximate surface area is 85.2 Å². The molecule has 0 N–H and O–H groups in total. The van der Waals surface area contributed by atoms with Crippen LogP contribution in [-0.4, -0.2) is 32.0 Å². The molecule has 0 bridgehead atoms. The summed E-state index contributed by atoms with van der Waals surface area (Å²) in [5.74, 6) is -0.0656. The van der Waals surface area contributed by atoms with Gasteiger partial charge in [-0.3, -0.25) is 4.79 Å². The molecule has 0 spiro atoms. The topological polar surface area (TPSA) is 35.5 Å². The normalized spacial score (nSPS) is 10.0. The molecule has 0 aromatic carbocycles. The predicted octanol–water partition coefficient (Wildman–Crippen LogP) is 1.67. The van der Waals surface area contributed by atoms with Crippen LogP contribution >= 0.6 is 12.6 Å². The summed E-state index contributed by atoms with van der Waals surface area (Å²) in [4.78, 5) is 10.6. The molecule has 0 aliphatic carbocycles. The number of esters is 1. The van der Waals surface area contributed by atoms with E-state index in [1.54, 1.807) is 7.11 Å². The Hall–Kier alpha value is -0.220. The van der Waals surface area contributed by atoms with Gasteiger partial charge in [0, 0.05) is 13.7 Å². The Bertz CT molecular complexity index is 128. The lowest BCUT2D eigenvalue weighted by atomic mass is 10.2. The van der Waals surface area contributed by atoms with Gasteiger partial charge in [-0.25, -0.2) is 0 Å². The second-order valence-corrected chi connectivity index (χ2v) is 3.10. The maximum atomic E-state index is 10.6. The molecule has 0 rings (SSSR count). The molecule has 0 heterocycles. The molecule has 0 aliphatic rings. The molecule has 0 saturated heterocycles. The monoisotopic (exact) mass is 206 g/mol. The quantitative estimate of drug-likeness (QED) is 0.373. The van der Waals surface area contributed by atoms with Crippen molar-refractivity contribution in [3.63, 3.8) is 0 Å². The van der Waals surface area contributed by atoms with Crippen LogP contribution in [0.2, 0.25) is 0 Å². The largest absolute Gasteiger partial charge is 0.465 e. The summed E-state index contributed by atoms with van der Waals surface area (Å²) in [6.07, 6.45) is 4.23. The number of thiol groups is 1. The van der Waals surface area contributed by atoms with Gasteiger partial charge in [0.2, 0.25) is 0 Å². The van der Waals surface area contributed by atoms with Crippen LogP contribution in [0.25, 0.3) is 0 Å². The molecule has 0 amide bonds. The van der Waals surface area contributed by atoms with Crippen molar-refractivity contribution >= 4 is 18.6 Å². The van der Waals surface area contributed by atoms with E-state index in [0.29, 0.717) is 6.61 Å². The van der Waals surface area contributed by atoms with Gasteiger partial charge in [-0.05, 0) is 19.3 Å². The Morgan fingerprint density at radius 3 is 2.31 bits per heavy atom. The summed E-state index contributed by atoms with van der Waals surface area (Å²) < 4.78 is 9.76. The Morgan fingerprint density at radius 1 is 1.15 bits per heavy atom. The molecule has 0 atom stereocenters. The Kier molecular flexibility index (Phi) is 9.70. The molecule has 13 heavy (non-hydrogen) atoms. The molecule has 4 heteroatoms. The number of rotatable bonds is 8. The molecule has 0 fully saturated rings. The van der Waals surface area contributed by atoms with Gasteiger partial charge in [0.1, 0.15) is 0 Å². The van der Waals surface area contributed by atoms with E-state index in [2.05, 4.69) is 12.6 Å². The van der Waals surface area contributed by atoms with E-state index in [4.69, 9.17) is 9.47 Å². The van der Waals surface area contributed by atoms with Crippen LogP contribution in [0.15, 0.2) is 0 Å². The SMILES string of the molecule is COCCCCCCOC(=O)CS. The fourth-order valence-corrected chi connectivity index (χ4v) is 1.02. The fourth-order valence-electron chi connectivity index (χ4n) is 0.934. The second kappa shape index (κ2) is 9.86. The van der Waals surface area contributed by atoms with Crippen LogP contribution in [0.3, 0.4) is 0 Å². The van der Waals surface area contributed by atoms with E-state index in [1.165, 1.54) is 0 Å². The summed E-state index contributed by atoms with van der Waals surface area (Å²) >= 11 is 3.80. The summed E-state index contributed by atoms with van der Waals surface area (Å²) in [7, 11) is 1.70. The minimum Gasteiger partial charge on any atom is -0.465 e. The average molecular weight is 206 g/mol. The van der Waals surface area contributed by atoms with Crippen LogP contribution < -0.4 is 0 Å². The minimum atomic E-state index is -0.236. The van der Waals surface area contributed by atoms with E-state index < -0.39 is 0 Å². The van der Waals surface area contributed by atoms with Crippen LogP contribution in [0, 0.1) is 0 Å². The standard InChI is InChI=1S/C9H18O3S/c1-11-6-4-2-3-5-7-12-9(10)8-13/h13H,2-8H2,1H3. The van der Waals surface area contributed by atoms with Gasteiger partial charge in [0.25, 0.3) is 0 Å². The first-order valence-corrected chi connectivity index (χ1v) is 5.20. The molecule has 0 unspecified atom stereocenters. The van der Waals surface area contributed by atoms with E-state index in [1.807, 2.05) is 0 Å². The van der Waals surface area contributed by atoms with Gasteiger partial charge < -0.3 is 9.47 Å². The summed E-state index contributed by atoms with van der Waals surface area (Å²) in [6, 6.07) is 0. The average Bonchev–Trinajstić information content (AvgIpc) is 2.16. The zero-order valence-electron chi connectivity index (χ0n) is 8.12. The van der Waals surface area contributed by atoms with E-state index in [-0.39, 0.29) is 11.7 Å². The van der Waals surface area contributed by atoms with Crippen molar-refractivity contribution in [2.75, 3.05) is 26.1 Å². The van der Waals surface area contributed by atoms with Gasteiger partial charge >= 0.3 is 5.97 Å². The maximum absolute atomic E-state index is 10.6. The lowest BCUT2D eigenvalue weighted by Gasteiger charge is -2.02. The van der Waals surface area contributed by atoms with Crippen LogP contribution in [-0.2, 0) is 14.3 Å². The van der Waals surface area contributed by atoms with Crippen LogP contribution in [0.4, 0.5) is 0 Å². The first-order valence-electron chi connectivity index (χ1n) is 4.56. The van der Waals surface area contributed by atoms with Crippen molar-refractivity contribution in [3.8, 4) is 0 Å². The van der Waals surface area contributed by atoms with Gasteiger partial charge in [-0.1, -0.05) is 6.42 Å². The van der Waals surface area contributed by atoms with Crippen LogP contribution in [0.5, 0.6) is 0 Å². The fraction of sp³-hybridized carbons (Fsp3) is 0.889. The number of ether oxygens (including phenoxy) is 2. The third-order valence-electron chi connectivity index (χ3n) is 1.63. The van der Waals surface area contributed by atoms with E-state index >= 15 is 0 Å². The molecule has 0 aromatic heterocycles. The van der Waals surface area contributed by atoms with Crippen molar-refractivity contribution in [1.82, 2.24) is 0 Å². The first-order chi connectivity index (χ1) is 6.31. The minimum absolute atomic E-state index is 0.170. The van der Waals surface area contributed by atoms with Crippen molar-refractivity contribution in [3.05, 3.63) is 0 Å². The van der Waals surface area contributed by atoms with Crippen molar-refractivity contribution in [2.24, 2.45) is 0 Å².